The van der Waals surface area contributed by atoms with Crippen LogP contribution in [0.25, 0.3) is 0 Å². The lowest BCUT2D eigenvalue weighted by Gasteiger charge is -2.43. The van der Waals surface area contributed by atoms with Crippen LogP contribution in [0.1, 0.15) is 59.8 Å². The van der Waals surface area contributed by atoms with Gasteiger partial charge in [-0.25, -0.2) is 4.79 Å². The summed E-state index contributed by atoms with van der Waals surface area (Å²) in [6.07, 6.45) is 4.26. The Balaban J connectivity index is 1.76. The van der Waals surface area contributed by atoms with Gasteiger partial charge in [-0.15, -0.1) is 0 Å². The maximum Gasteiger partial charge on any atom is 0.410 e. The van der Waals surface area contributed by atoms with Gasteiger partial charge in [0.15, 0.2) is 0 Å². The molecule has 3 fully saturated rings. The fraction of sp³-hybridized carbons (Fsp3) is 0.875. The van der Waals surface area contributed by atoms with E-state index in [9.17, 15) is 9.59 Å². The molecule has 4 atom stereocenters. The second-order valence-corrected chi connectivity index (χ2v) is 8.04. The van der Waals surface area contributed by atoms with E-state index in [0.717, 1.165) is 32.1 Å². The van der Waals surface area contributed by atoms with Crippen LogP contribution < -0.4 is 5.32 Å². The van der Waals surface area contributed by atoms with E-state index in [1.807, 2.05) is 25.7 Å². The molecule has 118 valence electrons. The van der Waals surface area contributed by atoms with Crippen LogP contribution >= 0.6 is 0 Å². The summed E-state index contributed by atoms with van der Waals surface area (Å²) in [5.74, 6) is 0.190. The maximum absolute atomic E-state index is 12.4. The number of nitrogens with zero attached hydrogens (tertiary/aromatic N) is 1. The molecule has 3 aliphatic rings. The van der Waals surface area contributed by atoms with Gasteiger partial charge < -0.3 is 15.0 Å². The van der Waals surface area contributed by atoms with Gasteiger partial charge in [0.25, 0.3) is 0 Å². The van der Waals surface area contributed by atoms with Gasteiger partial charge in [-0.3, -0.25) is 4.79 Å². The highest BCUT2D eigenvalue weighted by atomic mass is 16.6. The molecule has 21 heavy (non-hydrogen) atoms. The van der Waals surface area contributed by atoms with E-state index in [-0.39, 0.29) is 35.5 Å². The molecule has 3 aliphatic heterocycles. The lowest BCUT2D eigenvalue weighted by atomic mass is 9.73. The fourth-order valence-corrected chi connectivity index (χ4v) is 4.42. The number of hydrogen-bond acceptors (Lipinski definition) is 3. The van der Waals surface area contributed by atoms with E-state index in [4.69, 9.17) is 4.74 Å². The number of amides is 2. The molecule has 5 nitrogen and oxygen atoms in total. The molecule has 0 radical (unpaired) electrons. The lowest BCUT2D eigenvalue weighted by Crippen LogP contribution is -2.53. The Bertz CT molecular complexity index is 455. The third-order valence-corrected chi connectivity index (χ3v) is 5.03. The zero-order valence-corrected chi connectivity index (χ0v) is 13.4. The Labute approximate surface area is 126 Å². The molecule has 2 bridgehead atoms. The summed E-state index contributed by atoms with van der Waals surface area (Å²) in [7, 11) is 0. The molecule has 0 aromatic carbocycles. The molecule has 3 saturated heterocycles. The van der Waals surface area contributed by atoms with Crippen molar-refractivity contribution in [3.63, 3.8) is 0 Å². The van der Waals surface area contributed by atoms with E-state index >= 15 is 0 Å². The van der Waals surface area contributed by atoms with Crippen molar-refractivity contribution in [2.75, 3.05) is 0 Å². The second-order valence-electron chi connectivity index (χ2n) is 8.04. The molecule has 0 saturated carbocycles. The molecule has 0 aliphatic carbocycles. The van der Waals surface area contributed by atoms with E-state index in [1.54, 1.807) is 0 Å². The smallest absolute Gasteiger partial charge is 0.410 e. The van der Waals surface area contributed by atoms with Gasteiger partial charge in [-0.1, -0.05) is 0 Å². The monoisotopic (exact) mass is 294 g/mol. The van der Waals surface area contributed by atoms with Gasteiger partial charge >= 0.3 is 6.09 Å². The number of hydrogen-bond donors (Lipinski definition) is 1. The average molecular weight is 294 g/mol. The summed E-state index contributed by atoms with van der Waals surface area (Å²) in [5, 5.41) is 3.05. The summed E-state index contributed by atoms with van der Waals surface area (Å²) < 4.78 is 5.54. The molecule has 2 unspecified atom stereocenters. The quantitative estimate of drug-likeness (QED) is 0.746. The number of ether oxygens (including phenoxy) is 1. The molecular formula is C16H26N2O3. The highest BCUT2D eigenvalue weighted by molar-refractivity contribution is 5.86. The summed E-state index contributed by atoms with van der Waals surface area (Å²) in [4.78, 5) is 26.7. The van der Waals surface area contributed by atoms with Crippen LogP contribution in [0.3, 0.4) is 0 Å². The Morgan fingerprint density at radius 2 is 1.81 bits per heavy atom. The first-order chi connectivity index (χ1) is 9.70. The number of piperidine rings is 1. The number of fused-ring (bicyclic) bond motifs is 2. The van der Waals surface area contributed by atoms with Crippen LogP contribution in [-0.2, 0) is 9.53 Å². The van der Waals surface area contributed by atoms with Gasteiger partial charge in [0.05, 0.1) is 5.41 Å². The summed E-state index contributed by atoms with van der Waals surface area (Å²) in [5.41, 5.74) is -0.714. The molecular weight excluding hydrogens is 268 g/mol. The normalized spacial score (nSPS) is 38.8. The number of nitrogens with one attached hydrogen (secondary N) is 1. The van der Waals surface area contributed by atoms with Crippen molar-refractivity contribution in [1.29, 1.82) is 0 Å². The van der Waals surface area contributed by atoms with Crippen molar-refractivity contribution in [2.24, 2.45) is 5.41 Å². The van der Waals surface area contributed by atoms with Gasteiger partial charge in [-0.2, -0.15) is 0 Å². The zero-order valence-electron chi connectivity index (χ0n) is 13.4. The van der Waals surface area contributed by atoms with E-state index in [2.05, 4.69) is 12.2 Å². The molecule has 1 spiro atoms. The van der Waals surface area contributed by atoms with Gasteiger partial charge in [0, 0.05) is 18.1 Å². The average Bonchev–Trinajstić information content (AvgIpc) is 2.73. The van der Waals surface area contributed by atoms with Crippen molar-refractivity contribution in [3.05, 3.63) is 0 Å². The second kappa shape index (κ2) is 4.62. The van der Waals surface area contributed by atoms with Crippen LogP contribution in [0.4, 0.5) is 4.79 Å². The van der Waals surface area contributed by atoms with Crippen LogP contribution in [0, 0.1) is 5.41 Å². The zero-order chi connectivity index (χ0) is 15.4. The number of carbonyl (C=O) groups is 2. The van der Waals surface area contributed by atoms with E-state index < -0.39 is 5.60 Å². The highest BCUT2D eigenvalue weighted by Gasteiger charge is 2.56. The van der Waals surface area contributed by atoms with Crippen LogP contribution in [0.2, 0.25) is 0 Å². The van der Waals surface area contributed by atoms with Crippen LogP contribution in [0.15, 0.2) is 0 Å². The standard InChI is InChI=1S/C16H26N2O3/c1-10-7-16(13(19)17-10)8-11-5-6-12(9-16)18(11)14(20)21-15(2,3)4/h10-12H,5-9H2,1-4H3,(H,17,19)/t10?,11-,12+,16?. The Hall–Kier alpha value is -1.26. The fourth-order valence-electron chi connectivity index (χ4n) is 4.42. The van der Waals surface area contributed by atoms with Crippen molar-refractivity contribution in [3.8, 4) is 0 Å². The van der Waals surface area contributed by atoms with Crippen molar-refractivity contribution < 1.29 is 14.3 Å². The minimum Gasteiger partial charge on any atom is -0.444 e. The SMILES string of the molecule is CC1CC2(C[C@H]3CC[C@@H](C2)N3C(=O)OC(C)(C)C)C(=O)N1. The summed E-state index contributed by atoms with van der Waals surface area (Å²) in [6.45, 7) is 7.74. The first-order valence-electron chi connectivity index (χ1n) is 8.02. The number of rotatable bonds is 0. The third-order valence-electron chi connectivity index (χ3n) is 5.03. The Kier molecular flexibility index (Phi) is 3.22. The van der Waals surface area contributed by atoms with E-state index in [1.165, 1.54) is 0 Å². The van der Waals surface area contributed by atoms with Crippen molar-refractivity contribution in [2.45, 2.75) is 83.5 Å². The topological polar surface area (TPSA) is 58.6 Å². The molecule has 3 heterocycles. The third kappa shape index (κ3) is 2.51. The minimum absolute atomic E-state index is 0.162. The van der Waals surface area contributed by atoms with Crippen LogP contribution in [0.5, 0.6) is 0 Å². The van der Waals surface area contributed by atoms with Gasteiger partial charge in [0.2, 0.25) is 5.91 Å². The highest BCUT2D eigenvalue weighted by Crippen LogP contribution is 2.50. The minimum atomic E-state index is -0.467. The summed E-state index contributed by atoms with van der Waals surface area (Å²) >= 11 is 0. The molecule has 0 aromatic rings. The predicted molar refractivity (Wildman–Crippen MR) is 78.8 cm³/mol. The lowest BCUT2D eigenvalue weighted by molar-refractivity contribution is -0.131. The Morgan fingerprint density at radius 3 is 2.24 bits per heavy atom. The first kappa shape index (κ1) is 14.7. The first-order valence-corrected chi connectivity index (χ1v) is 8.02. The molecule has 3 rings (SSSR count). The van der Waals surface area contributed by atoms with Crippen molar-refractivity contribution in [1.82, 2.24) is 10.2 Å². The van der Waals surface area contributed by atoms with E-state index in [0.29, 0.717) is 0 Å². The maximum atomic E-state index is 12.4. The van der Waals surface area contributed by atoms with Gasteiger partial charge in [-0.05, 0) is 59.8 Å². The molecule has 0 aromatic heterocycles. The summed E-state index contributed by atoms with van der Waals surface area (Å²) in [6, 6.07) is 0.578. The van der Waals surface area contributed by atoms with Gasteiger partial charge in [0.1, 0.15) is 5.60 Å². The molecule has 5 heteroatoms. The molecule has 1 N–H and O–H groups in total. The predicted octanol–water partition coefficient (Wildman–Crippen LogP) is 2.44. The largest absolute Gasteiger partial charge is 0.444 e. The van der Waals surface area contributed by atoms with Crippen LogP contribution in [-0.4, -0.2) is 40.6 Å². The van der Waals surface area contributed by atoms with Crippen molar-refractivity contribution >= 4 is 12.0 Å². The number of carbonyl (C=O) groups excluding carboxylic acids is 2. The molecule has 2 amide bonds. The Morgan fingerprint density at radius 1 is 1.24 bits per heavy atom.